The molecule has 0 fully saturated rings. The summed E-state index contributed by atoms with van der Waals surface area (Å²) in [5.41, 5.74) is 0.726. The van der Waals surface area contributed by atoms with Gasteiger partial charge in [-0.15, -0.1) is 0 Å². The van der Waals surface area contributed by atoms with Crippen molar-refractivity contribution >= 4 is 41.1 Å². The second-order valence-electron chi connectivity index (χ2n) is 9.76. The number of carbonyl (C=O) groups is 3. The molecule has 0 spiro atoms. The fraction of sp³-hybridized carbons (Fsp3) is 0.114. The smallest absolute Gasteiger partial charge is 0.416 e. The molecule has 0 aliphatic rings. The zero-order chi connectivity index (χ0) is 33.3. The topological polar surface area (TPSA) is 111 Å². The van der Waals surface area contributed by atoms with Crippen molar-refractivity contribution in [1.29, 1.82) is 0 Å². The number of para-hydroxylation sites is 1. The van der Waals surface area contributed by atoms with Gasteiger partial charge in [0.2, 0.25) is 0 Å². The number of phenols is 1. The van der Waals surface area contributed by atoms with Crippen molar-refractivity contribution in [1.82, 2.24) is 0 Å². The minimum atomic E-state index is -4.53. The maximum atomic E-state index is 13.1. The van der Waals surface area contributed by atoms with Gasteiger partial charge in [-0.3, -0.25) is 9.59 Å². The molecule has 0 aliphatic heterocycles. The molecule has 0 saturated heterocycles. The summed E-state index contributed by atoms with van der Waals surface area (Å²) in [6.45, 7) is 0. The van der Waals surface area contributed by atoms with Crippen LogP contribution in [0.5, 0.6) is 23.0 Å². The first kappa shape index (κ1) is 33.1. The van der Waals surface area contributed by atoms with Crippen LogP contribution in [0.4, 0.5) is 24.5 Å². The molecule has 0 saturated carbocycles. The first-order valence-electron chi connectivity index (χ1n) is 13.7. The van der Waals surface area contributed by atoms with Crippen LogP contribution in [-0.4, -0.2) is 36.9 Å². The van der Waals surface area contributed by atoms with Crippen molar-refractivity contribution in [2.75, 3.05) is 19.5 Å². The second kappa shape index (κ2) is 14.8. The first-order chi connectivity index (χ1) is 22.0. The number of carbonyl (C=O) groups excluding carboxylic acids is 3. The highest BCUT2D eigenvalue weighted by Gasteiger charge is 2.30. The van der Waals surface area contributed by atoms with Crippen LogP contribution in [0.1, 0.15) is 33.5 Å². The van der Waals surface area contributed by atoms with Crippen molar-refractivity contribution < 1.29 is 46.9 Å². The Morgan fingerprint density at radius 3 is 2.04 bits per heavy atom. The Hall–Kier alpha value is -5.84. The van der Waals surface area contributed by atoms with Gasteiger partial charge < -0.3 is 24.6 Å². The quantitative estimate of drug-likeness (QED) is 0.0710. The van der Waals surface area contributed by atoms with Gasteiger partial charge in [-0.05, 0) is 77.9 Å². The molecule has 46 heavy (non-hydrogen) atoms. The van der Waals surface area contributed by atoms with E-state index in [0.29, 0.717) is 11.1 Å². The number of benzene rings is 4. The lowest BCUT2D eigenvalue weighted by molar-refractivity contribution is -0.137. The number of halogens is 3. The molecule has 0 unspecified atom stereocenters. The second-order valence-corrected chi connectivity index (χ2v) is 9.76. The van der Waals surface area contributed by atoms with E-state index in [4.69, 9.17) is 14.2 Å². The minimum Gasteiger partial charge on any atom is -0.504 e. The number of ether oxygens (including phenoxy) is 3. The summed E-state index contributed by atoms with van der Waals surface area (Å²) in [7, 11) is 2.77. The number of hydrogen-bond acceptors (Lipinski definition) is 8. The highest BCUT2D eigenvalue weighted by Crippen LogP contribution is 2.33. The fourth-order valence-corrected chi connectivity index (χ4v) is 4.19. The van der Waals surface area contributed by atoms with E-state index in [-0.39, 0.29) is 46.4 Å². The average Bonchev–Trinajstić information content (AvgIpc) is 3.03. The molecule has 0 aliphatic carbocycles. The van der Waals surface area contributed by atoms with Gasteiger partial charge in [-0.2, -0.15) is 13.2 Å². The summed E-state index contributed by atoms with van der Waals surface area (Å²) in [6, 6.07) is 19.9. The molecule has 2 N–H and O–H groups in total. The van der Waals surface area contributed by atoms with Crippen LogP contribution in [0.3, 0.4) is 0 Å². The lowest BCUT2D eigenvalue weighted by Gasteiger charge is -2.14. The van der Waals surface area contributed by atoms with Crippen LogP contribution in [0.2, 0.25) is 0 Å². The van der Waals surface area contributed by atoms with Crippen LogP contribution in [0.15, 0.2) is 97.1 Å². The van der Waals surface area contributed by atoms with E-state index in [1.165, 1.54) is 81.0 Å². The maximum absolute atomic E-state index is 13.1. The number of phenolic OH excluding ortho intramolecular Hbond substituents is 1. The van der Waals surface area contributed by atoms with Crippen molar-refractivity contribution in [3.63, 3.8) is 0 Å². The van der Waals surface area contributed by atoms with Crippen LogP contribution in [0, 0.1) is 0 Å². The molecule has 0 bridgehead atoms. The molecule has 0 radical (unpaired) electrons. The van der Waals surface area contributed by atoms with Crippen LogP contribution in [0.25, 0.3) is 12.2 Å². The third-order valence-corrected chi connectivity index (χ3v) is 6.48. The Kier molecular flexibility index (Phi) is 10.6. The normalized spacial score (nSPS) is 11.4. The highest BCUT2D eigenvalue weighted by molar-refractivity contribution is 6.11. The lowest BCUT2D eigenvalue weighted by Crippen LogP contribution is -2.12. The Morgan fingerprint density at radius 1 is 0.761 bits per heavy atom. The maximum Gasteiger partial charge on any atom is 0.416 e. The van der Waals surface area contributed by atoms with Crippen molar-refractivity contribution in [3.05, 3.63) is 119 Å². The van der Waals surface area contributed by atoms with E-state index in [2.05, 4.69) is 5.32 Å². The molecule has 4 aromatic carbocycles. The van der Waals surface area contributed by atoms with Gasteiger partial charge >= 0.3 is 12.1 Å². The van der Waals surface area contributed by atoms with Gasteiger partial charge in [-0.25, -0.2) is 4.79 Å². The van der Waals surface area contributed by atoms with Gasteiger partial charge in [0.25, 0.3) is 0 Å². The number of nitrogens with one attached hydrogen (secondary N) is 1. The van der Waals surface area contributed by atoms with E-state index in [1.807, 2.05) is 0 Å². The average molecular weight is 632 g/mol. The summed E-state index contributed by atoms with van der Waals surface area (Å²) in [6.07, 6.45) is 0.588. The molecule has 11 heteroatoms. The Bertz CT molecular complexity index is 1810. The van der Waals surface area contributed by atoms with Crippen LogP contribution >= 0.6 is 0 Å². The molecule has 4 rings (SSSR count). The number of alkyl halides is 3. The lowest BCUT2D eigenvalue weighted by atomic mass is 10.1. The van der Waals surface area contributed by atoms with E-state index >= 15 is 0 Å². The summed E-state index contributed by atoms with van der Waals surface area (Å²) < 4.78 is 55.4. The number of aromatic hydroxyl groups is 1. The monoisotopic (exact) mass is 631 g/mol. The van der Waals surface area contributed by atoms with Gasteiger partial charge in [0.05, 0.1) is 37.5 Å². The van der Waals surface area contributed by atoms with Gasteiger partial charge in [-0.1, -0.05) is 42.5 Å². The molecular weight excluding hydrogens is 603 g/mol. The van der Waals surface area contributed by atoms with Crippen LogP contribution in [-0.2, 0) is 15.8 Å². The zero-order valence-corrected chi connectivity index (χ0v) is 24.6. The van der Waals surface area contributed by atoms with E-state index < -0.39 is 29.3 Å². The number of hydrogen-bond donors (Lipinski definition) is 2. The number of allylic oxidation sites excluding steroid dienone is 2. The number of esters is 1. The number of anilines is 2. The number of methoxy groups -OCH3 is 2. The standard InChI is InChI=1S/C35H28F3NO7/c1-44-32-18-22(12-16-30(32)42)10-14-26(40)21-27(41)15-11-23-13-17-31(33(19-23)45-2)46-34(43)28-8-3-4-9-29(28)39-25-7-5-6-24(20-25)35(36,37)38/h3-20,39,42H,21H2,1-2H3/b14-10+,15-11+. The zero-order valence-electron chi connectivity index (χ0n) is 24.6. The van der Waals surface area contributed by atoms with Gasteiger partial charge in [0.1, 0.15) is 0 Å². The predicted molar refractivity (Wildman–Crippen MR) is 166 cm³/mol. The third-order valence-electron chi connectivity index (χ3n) is 6.48. The molecule has 236 valence electrons. The molecule has 0 atom stereocenters. The molecule has 4 aromatic rings. The summed E-state index contributed by atoms with van der Waals surface area (Å²) in [4.78, 5) is 37.7. The predicted octanol–water partition coefficient (Wildman–Crippen LogP) is 7.65. The minimum absolute atomic E-state index is 0.0378. The molecule has 0 heterocycles. The first-order valence-corrected chi connectivity index (χ1v) is 13.7. The summed E-state index contributed by atoms with van der Waals surface area (Å²) >= 11 is 0. The van der Waals surface area contributed by atoms with E-state index in [0.717, 1.165) is 12.1 Å². The molecule has 8 nitrogen and oxygen atoms in total. The summed E-state index contributed by atoms with van der Waals surface area (Å²) in [5.74, 6) is -1.21. The van der Waals surface area contributed by atoms with Crippen LogP contribution < -0.4 is 19.5 Å². The molecular formula is C35H28F3NO7. The largest absolute Gasteiger partial charge is 0.504 e. The van der Waals surface area contributed by atoms with Crippen molar-refractivity contribution in [2.45, 2.75) is 12.6 Å². The van der Waals surface area contributed by atoms with Gasteiger partial charge in [0, 0.05) is 5.69 Å². The third kappa shape index (κ3) is 8.85. The summed E-state index contributed by atoms with van der Waals surface area (Å²) in [5, 5.41) is 12.5. The SMILES string of the molecule is COc1cc(/C=C/C(=O)CC(=O)/C=C/c2ccc(OC(=O)c3ccccc3Nc3cccc(C(F)(F)F)c3)c(OC)c2)ccc1O. The van der Waals surface area contributed by atoms with Crippen molar-refractivity contribution in [2.24, 2.45) is 0 Å². The molecule has 0 amide bonds. The molecule has 0 aromatic heterocycles. The van der Waals surface area contributed by atoms with E-state index in [1.54, 1.807) is 30.3 Å². The Labute approximate surface area is 262 Å². The highest BCUT2D eigenvalue weighted by atomic mass is 19.4. The number of rotatable bonds is 12. The fourth-order valence-electron chi connectivity index (χ4n) is 4.19. The van der Waals surface area contributed by atoms with Gasteiger partial charge in [0.15, 0.2) is 34.6 Å². The number of ketones is 2. The Balaban J connectivity index is 1.40. The Morgan fingerprint density at radius 2 is 1.39 bits per heavy atom. The van der Waals surface area contributed by atoms with E-state index in [9.17, 15) is 32.7 Å². The van der Waals surface area contributed by atoms with Crippen molar-refractivity contribution in [3.8, 4) is 23.0 Å².